The van der Waals surface area contributed by atoms with Gasteiger partial charge in [0.15, 0.2) is 5.82 Å². The Morgan fingerprint density at radius 2 is 1.94 bits per heavy atom. The number of carbonyl (C=O) groups excluding carboxylic acids is 1. The second-order valence-electron chi connectivity index (χ2n) is 9.28. The summed E-state index contributed by atoms with van der Waals surface area (Å²) in [5.74, 6) is 1.47. The van der Waals surface area contributed by atoms with Crippen LogP contribution in [0.4, 0.5) is 0 Å². The molecule has 164 valence electrons. The van der Waals surface area contributed by atoms with Gasteiger partial charge in [-0.25, -0.2) is 9.97 Å². The third-order valence-electron chi connectivity index (χ3n) is 6.57. The van der Waals surface area contributed by atoms with Crippen molar-refractivity contribution in [3.63, 3.8) is 0 Å². The smallest absolute Gasteiger partial charge is 0.254 e. The summed E-state index contributed by atoms with van der Waals surface area (Å²) in [7, 11) is 0. The molecule has 0 radical (unpaired) electrons. The van der Waals surface area contributed by atoms with Gasteiger partial charge in [-0.05, 0) is 61.6 Å². The first-order valence-electron chi connectivity index (χ1n) is 11.3. The molecule has 32 heavy (non-hydrogen) atoms. The van der Waals surface area contributed by atoms with E-state index in [1.807, 2.05) is 30.5 Å². The summed E-state index contributed by atoms with van der Waals surface area (Å²) in [6.45, 7) is 2.02. The van der Waals surface area contributed by atoms with Gasteiger partial charge in [-0.2, -0.15) is 0 Å². The zero-order chi connectivity index (χ0) is 21.8. The van der Waals surface area contributed by atoms with Crippen LogP contribution in [0.3, 0.4) is 0 Å². The molecule has 8 nitrogen and oxygen atoms in total. The van der Waals surface area contributed by atoms with Gasteiger partial charge in [0.1, 0.15) is 5.65 Å². The largest absolute Gasteiger partial charge is 0.337 e. The number of piperidine rings is 1. The molecule has 2 aliphatic rings. The number of aromatic nitrogens is 4. The number of fused-ring (bicyclic) bond motifs is 2. The van der Waals surface area contributed by atoms with Gasteiger partial charge >= 0.3 is 0 Å². The fourth-order valence-corrected chi connectivity index (χ4v) is 4.82. The highest BCUT2D eigenvalue weighted by atomic mass is 16.2. The fraction of sp³-hybridized carbons (Fsp3) is 0.375. The Bertz CT molecular complexity index is 1310. The molecule has 0 spiro atoms. The van der Waals surface area contributed by atoms with E-state index in [2.05, 4.69) is 26.7 Å². The molecule has 0 unspecified atom stereocenters. The lowest BCUT2D eigenvalue weighted by atomic mass is 10.0. The number of hydrogen-bond acceptors (Lipinski definition) is 5. The number of pyridine rings is 1. The normalized spacial score (nSPS) is 21.5. The number of benzene rings is 1. The summed E-state index contributed by atoms with van der Waals surface area (Å²) in [4.78, 5) is 27.7. The monoisotopic (exact) mass is 429 g/mol. The summed E-state index contributed by atoms with van der Waals surface area (Å²) in [6.07, 6.45) is 5.11. The van der Waals surface area contributed by atoms with Gasteiger partial charge in [0.2, 0.25) is 0 Å². The maximum Gasteiger partial charge on any atom is 0.254 e. The fourth-order valence-electron chi connectivity index (χ4n) is 4.82. The van der Waals surface area contributed by atoms with E-state index in [9.17, 15) is 4.79 Å². The molecule has 2 atom stereocenters. The topological polar surface area (TPSA) is 119 Å². The van der Waals surface area contributed by atoms with Crippen LogP contribution in [-0.4, -0.2) is 55.5 Å². The quantitative estimate of drug-likeness (QED) is 0.460. The Balaban J connectivity index is 1.36. The van der Waals surface area contributed by atoms with Crippen molar-refractivity contribution in [2.24, 2.45) is 17.4 Å². The highest BCUT2D eigenvalue weighted by molar-refractivity contribution is 5.98. The molecule has 6 rings (SSSR count). The summed E-state index contributed by atoms with van der Waals surface area (Å²) in [6, 6.07) is 11.7. The number of carbonyl (C=O) groups is 1. The third-order valence-corrected chi connectivity index (χ3v) is 6.57. The first-order valence-corrected chi connectivity index (χ1v) is 11.3. The van der Waals surface area contributed by atoms with Gasteiger partial charge in [-0.3, -0.25) is 4.79 Å². The van der Waals surface area contributed by atoms with Gasteiger partial charge < -0.3 is 25.9 Å². The van der Waals surface area contributed by atoms with Crippen molar-refractivity contribution in [3.05, 3.63) is 48.2 Å². The van der Waals surface area contributed by atoms with Gasteiger partial charge in [-0.15, -0.1) is 0 Å². The molecule has 1 aliphatic carbocycles. The molecule has 5 N–H and O–H groups in total. The van der Waals surface area contributed by atoms with Crippen LogP contribution in [0.1, 0.15) is 29.6 Å². The number of H-pyrrole nitrogens is 1. The van der Waals surface area contributed by atoms with Gasteiger partial charge in [0, 0.05) is 48.9 Å². The summed E-state index contributed by atoms with van der Waals surface area (Å²) in [5, 5.41) is 1.11. The van der Waals surface area contributed by atoms with E-state index in [1.165, 1.54) is 12.8 Å². The molecule has 3 aromatic heterocycles. The molecule has 1 aromatic carbocycles. The molecule has 8 heteroatoms. The molecule has 2 fully saturated rings. The number of nitrogens with two attached hydrogens (primary N) is 2. The van der Waals surface area contributed by atoms with E-state index in [0.29, 0.717) is 24.6 Å². The van der Waals surface area contributed by atoms with Crippen molar-refractivity contribution in [1.29, 1.82) is 0 Å². The molecule has 4 heterocycles. The average molecular weight is 430 g/mol. The van der Waals surface area contributed by atoms with Crippen LogP contribution in [0.25, 0.3) is 33.6 Å². The predicted octanol–water partition coefficient (Wildman–Crippen LogP) is 2.49. The van der Waals surface area contributed by atoms with Crippen molar-refractivity contribution in [2.45, 2.75) is 37.9 Å². The van der Waals surface area contributed by atoms with E-state index in [0.717, 1.165) is 46.6 Å². The van der Waals surface area contributed by atoms with Crippen molar-refractivity contribution in [3.8, 4) is 11.5 Å². The predicted molar refractivity (Wildman–Crippen MR) is 124 cm³/mol. The van der Waals surface area contributed by atoms with Crippen molar-refractivity contribution < 1.29 is 4.79 Å². The average Bonchev–Trinajstić information content (AvgIpc) is 3.38. The summed E-state index contributed by atoms with van der Waals surface area (Å²) < 4.78 is 2.27. The SMILES string of the molecule is N[C@@H]1C[C@H](N)CN(C(=O)c2ccc3nc(-c4cc5cccnc5n4CC4CC4)[nH]c3c2)C1. The number of imidazole rings is 1. The second-order valence-corrected chi connectivity index (χ2v) is 9.28. The highest BCUT2D eigenvalue weighted by Crippen LogP contribution is 2.35. The van der Waals surface area contributed by atoms with E-state index >= 15 is 0 Å². The summed E-state index contributed by atoms with van der Waals surface area (Å²) in [5.41, 5.74) is 16.5. The molecule has 1 saturated heterocycles. The molecular weight excluding hydrogens is 402 g/mol. The molecule has 0 bridgehead atoms. The first kappa shape index (κ1) is 19.5. The van der Waals surface area contributed by atoms with Crippen molar-refractivity contribution in [2.75, 3.05) is 13.1 Å². The number of likely N-dealkylation sites (tertiary alicyclic amines) is 1. The standard InChI is InChI=1S/C24H27N7O/c25-17-10-18(26)13-30(12-17)24(32)16-5-6-19-20(8-16)29-22(28-19)21-9-15-2-1-7-27-23(15)31(21)11-14-3-4-14/h1-2,5-9,14,17-18H,3-4,10-13,25-26H2,(H,28,29)/t17-,18+. The zero-order valence-corrected chi connectivity index (χ0v) is 17.9. The lowest BCUT2D eigenvalue weighted by Gasteiger charge is -2.34. The molecule has 1 amide bonds. The van der Waals surface area contributed by atoms with E-state index in [1.54, 1.807) is 4.90 Å². The van der Waals surface area contributed by atoms with E-state index in [-0.39, 0.29) is 18.0 Å². The maximum atomic E-state index is 13.1. The highest BCUT2D eigenvalue weighted by Gasteiger charge is 2.28. The number of nitrogens with zero attached hydrogens (tertiary/aromatic N) is 4. The Morgan fingerprint density at radius 1 is 1.12 bits per heavy atom. The van der Waals surface area contributed by atoms with E-state index in [4.69, 9.17) is 16.5 Å². The number of hydrogen-bond donors (Lipinski definition) is 3. The van der Waals surface area contributed by atoms with Crippen LogP contribution in [0.5, 0.6) is 0 Å². The van der Waals surface area contributed by atoms with Gasteiger partial charge in [-0.1, -0.05) is 0 Å². The maximum absolute atomic E-state index is 13.1. The number of rotatable bonds is 4. The number of amides is 1. The Morgan fingerprint density at radius 3 is 2.72 bits per heavy atom. The minimum Gasteiger partial charge on any atom is -0.337 e. The minimum atomic E-state index is -0.0767. The molecule has 4 aromatic rings. The third kappa shape index (κ3) is 3.45. The van der Waals surface area contributed by atoms with Crippen molar-refractivity contribution >= 4 is 28.0 Å². The van der Waals surface area contributed by atoms with Crippen LogP contribution < -0.4 is 11.5 Å². The van der Waals surface area contributed by atoms with Crippen LogP contribution >= 0.6 is 0 Å². The van der Waals surface area contributed by atoms with Gasteiger partial charge in [0.05, 0.1) is 16.7 Å². The number of aromatic amines is 1. The first-order chi connectivity index (χ1) is 15.5. The van der Waals surface area contributed by atoms with Crippen molar-refractivity contribution in [1.82, 2.24) is 24.4 Å². The Hall–Kier alpha value is -3.23. The number of nitrogens with one attached hydrogen (secondary N) is 1. The molecule has 1 aliphatic heterocycles. The van der Waals surface area contributed by atoms with Crippen LogP contribution in [-0.2, 0) is 6.54 Å². The molecular formula is C24H27N7O. The summed E-state index contributed by atoms with van der Waals surface area (Å²) >= 11 is 0. The minimum absolute atomic E-state index is 0.0410. The Kier molecular flexibility index (Phi) is 4.51. The second kappa shape index (κ2) is 7.43. The van der Waals surface area contributed by atoms with Crippen LogP contribution in [0.15, 0.2) is 42.6 Å². The lowest BCUT2D eigenvalue weighted by Crippen LogP contribution is -2.54. The van der Waals surface area contributed by atoms with Crippen LogP contribution in [0, 0.1) is 5.92 Å². The Labute approximate surface area is 185 Å². The zero-order valence-electron chi connectivity index (χ0n) is 17.9. The molecule has 1 saturated carbocycles. The van der Waals surface area contributed by atoms with Gasteiger partial charge in [0.25, 0.3) is 5.91 Å². The lowest BCUT2D eigenvalue weighted by molar-refractivity contribution is 0.0691. The van der Waals surface area contributed by atoms with Crippen LogP contribution in [0.2, 0.25) is 0 Å². The van der Waals surface area contributed by atoms with E-state index < -0.39 is 0 Å².